The summed E-state index contributed by atoms with van der Waals surface area (Å²) in [6.45, 7) is 6.26. The molecule has 1 atom stereocenters. The molecule has 2 N–H and O–H groups in total. The Morgan fingerprint density at radius 1 is 1.17 bits per heavy atom. The van der Waals surface area contributed by atoms with Crippen molar-refractivity contribution < 1.29 is 9.53 Å². The number of hydrogen-bond donors (Lipinski definition) is 1. The molecule has 2 rings (SSSR count). The molecule has 0 aliphatic heterocycles. The van der Waals surface area contributed by atoms with Crippen LogP contribution in [0.4, 0.5) is 0 Å². The van der Waals surface area contributed by atoms with Crippen LogP contribution in [0, 0.1) is 12.8 Å². The fourth-order valence-electron chi connectivity index (χ4n) is 2.35. The van der Waals surface area contributed by atoms with Crippen LogP contribution in [0.15, 0.2) is 42.5 Å². The van der Waals surface area contributed by atoms with Gasteiger partial charge >= 0.3 is 0 Å². The van der Waals surface area contributed by atoms with Crippen LogP contribution >= 0.6 is 11.6 Å². The van der Waals surface area contributed by atoms with Gasteiger partial charge in [0.05, 0.1) is 0 Å². The summed E-state index contributed by atoms with van der Waals surface area (Å²) in [6.07, 6.45) is 0.761. The highest BCUT2D eigenvalue weighted by Crippen LogP contribution is 2.30. The van der Waals surface area contributed by atoms with Crippen molar-refractivity contribution in [3.63, 3.8) is 0 Å². The quantitative estimate of drug-likeness (QED) is 0.817. The van der Waals surface area contributed by atoms with Crippen LogP contribution in [0.25, 0.3) is 0 Å². The van der Waals surface area contributed by atoms with Gasteiger partial charge in [0.2, 0.25) is 5.91 Å². The fraction of sp³-hybridized carbons (Fsp3) is 0.316. The largest absolute Gasteiger partial charge is 0.486 e. The first-order valence-corrected chi connectivity index (χ1v) is 8.07. The summed E-state index contributed by atoms with van der Waals surface area (Å²) in [6, 6.07) is 13.0. The lowest BCUT2D eigenvalue weighted by Gasteiger charge is -2.22. The summed E-state index contributed by atoms with van der Waals surface area (Å²) in [7, 11) is 0. The van der Waals surface area contributed by atoms with E-state index >= 15 is 0 Å². The Labute approximate surface area is 142 Å². The SMILES string of the molecule is Cc1ccc(OC(CC(C)C)c2ccc(C(N)=O)cc2)cc1Cl. The molecule has 122 valence electrons. The molecule has 0 saturated heterocycles. The van der Waals surface area contributed by atoms with Gasteiger partial charge in [0.15, 0.2) is 0 Å². The van der Waals surface area contributed by atoms with Gasteiger partial charge < -0.3 is 10.5 Å². The summed E-state index contributed by atoms with van der Waals surface area (Å²) in [4.78, 5) is 11.2. The van der Waals surface area contributed by atoms with Gasteiger partial charge in [-0.15, -0.1) is 0 Å². The van der Waals surface area contributed by atoms with E-state index in [9.17, 15) is 4.79 Å². The summed E-state index contributed by atoms with van der Waals surface area (Å²) in [5, 5.41) is 0.690. The second kappa shape index (κ2) is 7.51. The fourth-order valence-corrected chi connectivity index (χ4v) is 2.52. The average Bonchev–Trinajstić information content (AvgIpc) is 2.50. The highest BCUT2D eigenvalue weighted by Gasteiger charge is 2.16. The van der Waals surface area contributed by atoms with Gasteiger partial charge in [-0.25, -0.2) is 0 Å². The predicted octanol–water partition coefficient (Wildman–Crippen LogP) is 4.91. The van der Waals surface area contributed by atoms with E-state index in [1.54, 1.807) is 12.1 Å². The van der Waals surface area contributed by atoms with Gasteiger partial charge in [0.1, 0.15) is 11.9 Å². The number of amides is 1. The molecule has 0 heterocycles. The van der Waals surface area contributed by atoms with Crippen molar-refractivity contribution in [2.75, 3.05) is 0 Å². The van der Waals surface area contributed by atoms with Crippen LogP contribution in [0.3, 0.4) is 0 Å². The second-order valence-electron chi connectivity index (χ2n) is 6.13. The Kier molecular flexibility index (Phi) is 5.67. The molecule has 0 aliphatic rings. The Bertz CT molecular complexity index is 680. The summed E-state index contributed by atoms with van der Waals surface area (Å²) < 4.78 is 6.15. The van der Waals surface area contributed by atoms with Gasteiger partial charge in [0.25, 0.3) is 0 Å². The van der Waals surface area contributed by atoms with Crippen molar-refractivity contribution >= 4 is 17.5 Å². The molecule has 0 radical (unpaired) electrons. The molecule has 1 unspecified atom stereocenters. The van der Waals surface area contributed by atoms with Crippen molar-refractivity contribution in [2.24, 2.45) is 11.7 Å². The minimum atomic E-state index is -0.428. The number of halogens is 1. The van der Waals surface area contributed by atoms with Crippen LogP contribution < -0.4 is 10.5 Å². The van der Waals surface area contributed by atoms with Crippen LogP contribution in [-0.2, 0) is 0 Å². The molecule has 0 spiro atoms. The van der Waals surface area contributed by atoms with E-state index in [0.717, 1.165) is 23.3 Å². The molecule has 2 aromatic rings. The highest BCUT2D eigenvalue weighted by atomic mass is 35.5. The van der Waals surface area contributed by atoms with E-state index in [0.29, 0.717) is 16.5 Å². The molecule has 2 aromatic carbocycles. The number of aryl methyl sites for hydroxylation is 1. The van der Waals surface area contributed by atoms with Crippen molar-refractivity contribution in [1.82, 2.24) is 0 Å². The lowest BCUT2D eigenvalue weighted by atomic mass is 9.98. The van der Waals surface area contributed by atoms with E-state index < -0.39 is 5.91 Å². The van der Waals surface area contributed by atoms with E-state index in [1.807, 2.05) is 37.3 Å². The zero-order chi connectivity index (χ0) is 17.0. The van der Waals surface area contributed by atoms with Crippen molar-refractivity contribution in [3.05, 3.63) is 64.2 Å². The van der Waals surface area contributed by atoms with Crippen molar-refractivity contribution in [1.29, 1.82) is 0 Å². The maximum absolute atomic E-state index is 11.2. The molecular formula is C19H22ClNO2. The topological polar surface area (TPSA) is 52.3 Å². The summed E-state index contributed by atoms with van der Waals surface area (Å²) in [5.41, 5.74) is 7.82. The third-order valence-electron chi connectivity index (χ3n) is 3.67. The normalized spacial score (nSPS) is 12.2. The first-order valence-electron chi connectivity index (χ1n) is 7.69. The number of rotatable bonds is 6. The Balaban J connectivity index is 2.25. The molecule has 0 aliphatic carbocycles. The number of nitrogens with two attached hydrogens (primary N) is 1. The second-order valence-corrected chi connectivity index (χ2v) is 6.54. The molecule has 3 nitrogen and oxygen atoms in total. The third-order valence-corrected chi connectivity index (χ3v) is 4.08. The molecule has 0 aromatic heterocycles. The summed E-state index contributed by atoms with van der Waals surface area (Å²) in [5.74, 6) is 0.783. The van der Waals surface area contributed by atoms with Crippen LogP contribution in [0.1, 0.15) is 47.9 Å². The van der Waals surface area contributed by atoms with Gasteiger partial charge in [0, 0.05) is 10.6 Å². The van der Waals surface area contributed by atoms with E-state index in [1.165, 1.54) is 0 Å². The van der Waals surface area contributed by atoms with Crippen molar-refractivity contribution in [3.8, 4) is 5.75 Å². The molecule has 0 saturated carbocycles. The number of benzene rings is 2. The number of primary amides is 1. The Morgan fingerprint density at radius 3 is 2.35 bits per heavy atom. The van der Waals surface area contributed by atoms with Gasteiger partial charge in [-0.3, -0.25) is 4.79 Å². The smallest absolute Gasteiger partial charge is 0.248 e. The highest BCUT2D eigenvalue weighted by molar-refractivity contribution is 6.31. The van der Waals surface area contributed by atoms with Gasteiger partial charge in [-0.1, -0.05) is 43.6 Å². The standard InChI is InChI=1S/C19H22ClNO2/c1-12(2)10-18(14-5-7-15(8-6-14)19(21)22)23-16-9-4-13(3)17(20)11-16/h4-9,11-12,18H,10H2,1-3H3,(H2,21,22). The lowest BCUT2D eigenvalue weighted by Crippen LogP contribution is -2.13. The molecular weight excluding hydrogens is 310 g/mol. The first kappa shape index (κ1) is 17.4. The van der Waals surface area contributed by atoms with Crippen LogP contribution in [-0.4, -0.2) is 5.91 Å². The first-order chi connectivity index (χ1) is 10.9. The Hall–Kier alpha value is -2.00. The monoisotopic (exact) mass is 331 g/mol. The molecule has 1 amide bonds. The van der Waals surface area contributed by atoms with Crippen molar-refractivity contribution in [2.45, 2.75) is 33.3 Å². The third kappa shape index (κ3) is 4.73. The molecule has 23 heavy (non-hydrogen) atoms. The molecule has 0 bridgehead atoms. The lowest BCUT2D eigenvalue weighted by molar-refractivity contribution is 0.1000. The molecule has 4 heteroatoms. The maximum Gasteiger partial charge on any atom is 0.248 e. The molecule has 0 fully saturated rings. The number of hydrogen-bond acceptors (Lipinski definition) is 2. The summed E-state index contributed by atoms with van der Waals surface area (Å²) >= 11 is 6.17. The van der Waals surface area contributed by atoms with E-state index in [2.05, 4.69) is 13.8 Å². The van der Waals surface area contributed by atoms with Crippen LogP contribution in [0.5, 0.6) is 5.75 Å². The Morgan fingerprint density at radius 2 is 1.83 bits per heavy atom. The predicted molar refractivity (Wildman–Crippen MR) is 94.0 cm³/mol. The number of carbonyl (C=O) groups excluding carboxylic acids is 1. The van der Waals surface area contributed by atoms with Crippen LogP contribution in [0.2, 0.25) is 5.02 Å². The van der Waals surface area contributed by atoms with E-state index in [4.69, 9.17) is 22.1 Å². The maximum atomic E-state index is 11.2. The number of carbonyl (C=O) groups is 1. The average molecular weight is 332 g/mol. The van der Waals surface area contributed by atoms with Gasteiger partial charge in [-0.2, -0.15) is 0 Å². The van der Waals surface area contributed by atoms with Gasteiger partial charge in [-0.05, 0) is 54.7 Å². The zero-order valence-corrected chi connectivity index (χ0v) is 14.4. The van der Waals surface area contributed by atoms with E-state index in [-0.39, 0.29) is 6.10 Å². The zero-order valence-electron chi connectivity index (χ0n) is 13.7. The minimum Gasteiger partial charge on any atom is -0.486 e. The number of ether oxygens (including phenoxy) is 1. The minimum absolute atomic E-state index is 0.101.